The topological polar surface area (TPSA) is 17.1 Å². The summed E-state index contributed by atoms with van der Waals surface area (Å²) in [5.41, 5.74) is 3.13. The van der Waals surface area contributed by atoms with E-state index in [1.54, 1.807) is 0 Å². The second-order valence-corrected chi connectivity index (χ2v) is 6.89. The summed E-state index contributed by atoms with van der Waals surface area (Å²) in [6.07, 6.45) is 10.3. The van der Waals surface area contributed by atoms with Gasteiger partial charge in [-0.3, -0.25) is 4.79 Å². The number of hydrogen-bond donors (Lipinski definition) is 0. The summed E-state index contributed by atoms with van der Waals surface area (Å²) in [7, 11) is 0. The van der Waals surface area contributed by atoms with Crippen LogP contribution >= 0.6 is 0 Å². The highest BCUT2D eigenvalue weighted by Gasteiger charge is 2.47. The van der Waals surface area contributed by atoms with Crippen molar-refractivity contribution in [2.45, 2.75) is 31.1 Å². The molecule has 120 valence electrons. The predicted octanol–water partition coefficient (Wildman–Crippen LogP) is 5.23. The fraction of sp³-hybridized carbons (Fsp3) is 0.261. The summed E-state index contributed by atoms with van der Waals surface area (Å²) >= 11 is 0. The molecule has 4 rings (SSSR count). The molecule has 1 fully saturated rings. The minimum absolute atomic E-state index is 0.365. The van der Waals surface area contributed by atoms with Gasteiger partial charge in [0.15, 0.2) is 0 Å². The molecule has 24 heavy (non-hydrogen) atoms. The minimum atomic E-state index is -0.539. The fourth-order valence-corrected chi connectivity index (χ4v) is 4.28. The molecule has 2 aromatic carbocycles. The molecule has 1 saturated carbocycles. The van der Waals surface area contributed by atoms with Crippen molar-refractivity contribution < 1.29 is 4.79 Å². The summed E-state index contributed by atoms with van der Waals surface area (Å²) in [5, 5.41) is 0. The Morgan fingerprint density at radius 3 is 2.12 bits per heavy atom. The summed E-state index contributed by atoms with van der Waals surface area (Å²) in [5.74, 6) is 0.775. The first kappa shape index (κ1) is 15.1. The van der Waals surface area contributed by atoms with Gasteiger partial charge < -0.3 is 0 Å². The first-order valence-electron chi connectivity index (χ1n) is 8.80. The van der Waals surface area contributed by atoms with Gasteiger partial charge in [-0.1, -0.05) is 84.5 Å². The third-order valence-corrected chi connectivity index (χ3v) is 5.56. The van der Waals surface area contributed by atoms with Crippen molar-refractivity contribution in [3.05, 3.63) is 95.6 Å². The lowest BCUT2D eigenvalue weighted by Gasteiger charge is -2.41. The zero-order chi connectivity index (χ0) is 16.4. The number of ketones is 1. The Hall–Kier alpha value is -2.41. The van der Waals surface area contributed by atoms with Crippen LogP contribution in [0.25, 0.3) is 0 Å². The van der Waals surface area contributed by atoms with Crippen molar-refractivity contribution in [1.29, 1.82) is 0 Å². The van der Waals surface area contributed by atoms with Crippen molar-refractivity contribution in [3.63, 3.8) is 0 Å². The third-order valence-electron chi connectivity index (χ3n) is 5.56. The van der Waals surface area contributed by atoms with Crippen molar-refractivity contribution in [1.82, 2.24) is 0 Å². The van der Waals surface area contributed by atoms with Crippen LogP contribution in [0.4, 0.5) is 0 Å². The lowest BCUT2D eigenvalue weighted by Crippen LogP contribution is -2.43. The largest absolute Gasteiger partial charge is 0.298 e. The molecule has 0 N–H and O–H groups in total. The van der Waals surface area contributed by atoms with Gasteiger partial charge in [0.2, 0.25) is 0 Å². The van der Waals surface area contributed by atoms with Gasteiger partial charge in [-0.2, -0.15) is 0 Å². The molecule has 2 aliphatic rings. The molecule has 1 heteroatoms. The van der Waals surface area contributed by atoms with Crippen molar-refractivity contribution >= 4 is 5.78 Å². The molecule has 2 aromatic rings. The zero-order valence-electron chi connectivity index (χ0n) is 13.8. The van der Waals surface area contributed by atoms with Gasteiger partial charge in [0, 0.05) is 6.42 Å². The molecule has 0 aromatic heterocycles. The Labute approximate surface area is 143 Å². The van der Waals surface area contributed by atoms with E-state index in [9.17, 15) is 4.79 Å². The highest BCUT2D eigenvalue weighted by atomic mass is 16.1. The van der Waals surface area contributed by atoms with E-state index >= 15 is 0 Å². The van der Waals surface area contributed by atoms with Crippen LogP contribution in [0.3, 0.4) is 0 Å². The van der Waals surface area contributed by atoms with Gasteiger partial charge in [0.25, 0.3) is 0 Å². The molecule has 0 spiro atoms. The van der Waals surface area contributed by atoms with Crippen LogP contribution in [-0.2, 0) is 10.2 Å². The monoisotopic (exact) mass is 314 g/mol. The van der Waals surface area contributed by atoms with Crippen LogP contribution in [0.15, 0.2) is 84.5 Å². The maximum absolute atomic E-state index is 13.4. The molecular weight excluding hydrogens is 292 g/mol. The summed E-state index contributed by atoms with van der Waals surface area (Å²) in [6, 6.07) is 20.6. The van der Waals surface area contributed by atoms with Crippen LogP contribution < -0.4 is 0 Å². The summed E-state index contributed by atoms with van der Waals surface area (Å²) in [6.45, 7) is 0. The van der Waals surface area contributed by atoms with Crippen molar-refractivity contribution in [3.8, 4) is 0 Å². The van der Waals surface area contributed by atoms with Gasteiger partial charge in [-0.05, 0) is 36.3 Å². The number of allylic oxidation sites excluding steroid dienone is 4. The van der Waals surface area contributed by atoms with Crippen LogP contribution in [0.1, 0.15) is 36.8 Å². The molecule has 0 saturated heterocycles. The number of carbonyl (C=O) groups excluding carboxylic acids is 1. The molecule has 2 aliphatic carbocycles. The highest BCUT2D eigenvalue weighted by Crippen LogP contribution is 2.47. The number of benzene rings is 2. The van der Waals surface area contributed by atoms with Gasteiger partial charge in [-0.15, -0.1) is 0 Å². The quantitative estimate of drug-likeness (QED) is 0.742. The zero-order valence-corrected chi connectivity index (χ0v) is 13.8. The highest BCUT2D eigenvalue weighted by molar-refractivity contribution is 5.95. The third kappa shape index (κ3) is 2.45. The summed E-state index contributed by atoms with van der Waals surface area (Å²) < 4.78 is 0. The molecule has 0 bridgehead atoms. The van der Waals surface area contributed by atoms with E-state index in [0.29, 0.717) is 18.1 Å². The van der Waals surface area contributed by atoms with Crippen molar-refractivity contribution in [2.24, 2.45) is 5.92 Å². The first-order valence-corrected chi connectivity index (χ1v) is 8.80. The number of carbonyl (C=O) groups is 1. The number of hydrogen-bond acceptors (Lipinski definition) is 1. The normalized spacial score (nSPS) is 22.4. The van der Waals surface area contributed by atoms with Crippen LogP contribution in [-0.4, -0.2) is 5.78 Å². The Balaban J connectivity index is 1.89. The molecule has 1 atom stereocenters. The number of fused-ring (bicyclic) bond motifs is 1. The molecule has 0 radical (unpaired) electrons. The van der Waals surface area contributed by atoms with E-state index in [4.69, 9.17) is 0 Å². The van der Waals surface area contributed by atoms with E-state index < -0.39 is 5.41 Å². The molecule has 0 heterocycles. The Kier molecular flexibility index (Phi) is 3.93. The molecular formula is C23H22O. The standard InChI is InChI=1S/C23H22O/c24-22-16-18-10-4-1-5-11-19(18)17-23(22,20-12-6-2-7-13-20)21-14-8-3-9-15-21/h1-3,5-9,11-15,18H,4,10,16-17H2. The van der Waals surface area contributed by atoms with Crippen molar-refractivity contribution in [2.75, 3.05) is 0 Å². The smallest absolute Gasteiger partial charge is 0.148 e. The van der Waals surface area contributed by atoms with E-state index in [1.807, 2.05) is 36.4 Å². The molecule has 1 nitrogen and oxygen atoms in total. The first-order chi connectivity index (χ1) is 11.8. The molecule has 0 aliphatic heterocycles. The van der Waals surface area contributed by atoms with Gasteiger partial charge in [0.05, 0.1) is 5.41 Å². The average Bonchev–Trinajstić information content (AvgIpc) is 2.87. The number of Topliss-reactive ketones (excluding diaryl/α,β-unsaturated/α-hetero) is 1. The summed E-state index contributed by atoms with van der Waals surface area (Å²) in [4.78, 5) is 13.4. The Bertz CT molecular complexity index is 744. The van der Waals surface area contributed by atoms with Gasteiger partial charge >= 0.3 is 0 Å². The molecule has 1 unspecified atom stereocenters. The minimum Gasteiger partial charge on any atom is -0.298 e. The lowest BCUT2D eigenvalue weighted by molar-refractivity contribution is -0.125. The fourth-order valence-electron chi connectivity index (χ4n) is 4.28. The van der Waals surface area contributed by atoms with Gasteiger partial charge in [0.1, 0.15) is 5.78 Å². The Morgan fingerprint density at radius 2 is 1.50 bits per heavy atom. The van der Waals surface area contributed by atoms with Gasteiger partial charge in [-0.25, -0.2) is 0 Å². The maximum atomic E-state index is 13.4. The number of rotatable bonds is 2. The SMILES string of the molecule is O=C1CC2CCC=CC=C2CC1(c1ccccc1)c1ccccc1. The van der Waals surface area contributed by atoms with Crippen LogP contribution in [0, 0.1) is 5.92 Å². The van der Waals surface area contributed by atoms with E-state index in [2.05, 4.69) is 42.5 Å². The second-order valence-electron chi connectivity index (χ2n) is 6.89. The second kappa shape index (κ2) is 6.24. The van der Waals surface area contributed by atoms with E-state index in [0.717, 1.165) is 30.4 Å². The van der Waals surface area contributed by atoms with E-state index in [-0.39, 0.29) is 0 Å². The average molecular weight is 314 g/mol. The van der Waals surface area contributed by atoms with Crippen LogP contribution in [0.5, 0.6) is 0 Å². The maximum Gasteiger partial charge on any atom is 0.148 e. The molecule has 0 amide bonds. The van der Waals surface area contributed by atoms with Crippen LogP contribution in [0.2, 0.25) is 0 Å². The Morgan fingerprint density at radius 1 is 0.875 bits per heavy atom. The van der Waals surface area contributed by atoms with E-state index in [1.165, 1.54) is 5.57 Å². The predicted molar refractivity (Wildman–Crippen MR) is 97.9 cm³/mol. The lowest BCUT2D eigenvalue weighted by atomic mass is 9.60.